The maximum absolute atomic E-state index is 12.2. The van der Waals surface area contributed by atoms with Crippen molar-refractivity contribution in [2.24, 2.45) is 5.92 Å². The van der Waals surface area contributed by atoms with E-state index in [0.717, 1.165) is 19.5 Å². The Morgan fingerprint density at radius 3 is 2.95 bits per heavy atom. The van der Waals surface area contributed by atoms with Crippen LogP contribution >= 0.6 is 0 Å². The molecule has 1 unspecified atom stereocenters. The van der Waals surface area contributed by atoms with Gasteiger partial charge in [-0.25, -0.2) is 17.9 Å². The van der Waals surface area contributed by atoms with Crippen molar-refractivity contribution in [1.29, 1.82) is 0 Å². The van der Waals surface area contributed by atoms with Gasteiger partial charge in [0.2, 0.25) is 10.0 Å². The van der Waals surface area contributed by atoms with Gasteiger partial charge in [0.25, 0.3) is 0 Å². The third-order valence-electron chi connectivity index (χ3n) is 3.29. The molecule has 6 nitrogen and oxygen atoms in total. The fraction of sp³-hybridized carbons (Fsp3) is 0.462. The third-order valence-corrected chi connectivity index (χ3v) is 4.71. The molecule has 2 rings (SSSR count). The molecule has 1 saturated heterocycles. The van der Waals surface area contributed by atoms with Crippen molar-refractivity contribution in [3.8, 4) is 0 Å². The van der Waals surface area contributed by atoms with Crippen molar-refractivity contribution in [2.45, 2.75) is 11.3 Å². The average Bonchev–Trinajstić information content (AvgIpc) is 2.98. The van der Waals surface area contributed by atoms with E-state index < -0.39 is 16.0 Å². The zero-order valence-corrected chi connectivity index (χ0v) is 12.1. The summed E-state index contributed by atoms with van der Waals surface area (Å²) in [6, 6.07) is 5.83. The Labute approximate surface area is 118 Å². The number of rotatable bonds is 5. The molecule has 0 saturated carbocycles. The Bertz CT molecular complexity index is 580. The molecule has 2 N–H and O–H groups in total. The number of hydrogen-bond acceptors (Lipinski definition) is 5. The number of hydrogen-bond donors (Lipinski definition) is 2. The van der Waals surface area contributed by atoms with Crippen LogP contribution in [0.3, 0.4) is 0 Å². The van der Waals surface area contributed by atoms with E-state index >= 15 is 0 Å². The van der Waals surface area contributed by atoms with Crippen LogP contribution in [-0.2, 0) is 14.8 Å². The van der Waals surface area contributed by atoms with Crippen molar-refractivity contribution in [3.05, 3.63) is 29.8 Å². The molecule has 1 atom stereocenters. The van der Waals surface area contributed by atoms with E-state index in [-0.39, 0.29) is 10.5 Å². The number of carbonyl (C=O) groups excluding carboxylic acids is 1. The monoisotopic (exact) mass is 298 g/mol. The largest absolute Gasteiger partial charge is 0.465 e. The number of methoxy groups -OCH3 is 1. The highest BCUT2D eigenvalue weighted by Gasteiger charge is 2.20. The highest BCUT2D eigenvalue weighted by Crippen LogP contribution is 2.13. The molecule has 0 amide bonds. The summed E-state index contributed by atoms with van der Waals surface area (Å²) in [5.74, 6) is -0.240. The molecule has 0 aliphatic carbocycles. The zero-order valence-electron chi connectivity index (χ0n) is 11.3. The number of nitrogens with one attached hydrogen (secondary N) is 2. The topological polar surface area (TPSA) is 84.5 Å². The molecule has 1 aromatic rings. The van der Waals surface area contributed by atoms with E-state index in [2.05, 4.69) is 14.8 Å². The minimum atomic E-state index is -3.60. The molecule has 1 aliphatic heterocycles. The number of carbonyl (C=O) groups is 1. The summed E-state index contributed by atoms with van der Waals surface area (Å²) in [7, 11) is -2.34. The van der Waals surface area contributed by atoms with Crippen LogP contribution < -0.4 is 10.0 Å². The molecule has 0 aromatic heterocycles. The lowest BCUT2D eigenvalue weighted by atomic mass is 10.1. The molecular formula is C13H18N2O4S. The summed E-state index contributed by atoms with van der Waals surface area (Å²) >= 11 is 0. The second-order valence-corrected chi connectivity index (χ2v) is 6.50. The minimum Gasteiger partial charge on any atom is -0.465 e. The smallest absolute Gasteiger partial charge is 0.337 e. The lowest BCUT2D eigenvalue weighted by Crippen LogP contribution is -2.30. The van der Waals surface area contributed by atoms with E-state index in [1.165, 1.54) is 31.4 Å². The SMILES string of the molecule is COC(=O)c1cccc(S(=O)(=O)NCC2CCNC2)c1. The number of sulfonamides is 1. The highest BCUT2D eigenvalue weighted by molar-refractivity contribution is 7.89. The second kappa shape index (κ2) is 6.34. The first kappa shape index (κ1) is 15.0. The predicted octanol–water partition coefficient (Wildman–Crippen LogP) is 0.361. The van der Waals surface area contributed by atoms with Gasteiger partial charge in [0.15, 0.2) is 0 Å². The van der Waals surface area contributed by atoms with Crippen LogP contribution in [0.1, 0.15) is 16.8 Å². The summed E-state index contributed by atoms with van der Waals surface area (Å²) < 4.78 is 31.5. The summed E-state index contributed by atoms with van der Waals surface area (Å²) in [6.07, 6.45) is 0.963. The molecule has 0 spiro atoms. The van der Waals surface area contributed by atoms with Crippen molar-refractivity contribution >= 4 is 16.0 Å². The molecular weight excluding hydrogens is 280 g/mol. The maximum atomic E-state index is 12.2. The van der Waals surface area contributed by atoms with Gasteiger partial charge in [0.1, 0.15) is 0 Å². The molecule has 0 radical (unpaired) electrons. The van der Waals surface area contributed by atoms with Gasteiger partial charge in [0, 0.05) is 6.54 Å². The normalized spacial score (nSPS) is 18.9. The zero-order chi connectivity index (χ0) is 14.6. The molecule has 20 heavy (non-hydrogen) atoms. The Morgan fingerprint density at radius 2 is 2.30 bits per heavy atom. The Kier molecular flexibility index (Phi) is 4.74. The molecule has 0 bridgehead atoms. The standard InChI is InChI=1S/C13H18N2O4S/c1-19-13(16)11-3-2-4-12(7-11)20(17,18)15-9-10-5-6-14-8-10/h2-4,7,10,14-15H,5-6,8-9H2,1H3. The fourth-order valence-electron chi connectivity index (χ4n) is 2.11. The van der Waals surface area contributed by atoms with Crippen LogP contribution in [0.15, 0.2) is 29.2 Å². The van der Waals surface area contributed by atoms with Crippen molar-refractivity contribution in [1.82, 2.24) is 10.0 Å². The van der Waals surface area contributed by atoms with Crippen LogP contribution in [-0.4, -0.2) is 41.1 Å². The third kappa shape index (κ3) is 3.56. The van der Waals surface area contributed by atoms with Gasteiger partial charge in [-0.3, -0.25) is 0 Å². The average molecular weight is 298 g/mol. The molecule has 1 aliphatic rings. The lowest BCUT2D eigenvalue weighted by Gasteiger charge is -2.11. The van der Waals surface area contributed by atoms with Gasteiger partial charge in [-0.2, -0.15) is 0 Å². The van der Waals surface area contributed by atoms with Crippen molar-refractivity contribution in [3.63, 3.8) is 0 Å². The summed E-state index contributed by atoms with van der Waals surface area (Å²) in [4.78, 5) is 11.5. The van der Waals surface area contributed by atoms with Gasteiger partial charge in [0.05, 0.1) is 17.6 Å². The molecule has 7 heteroatoms. The van der Waals surface area contributed by atoms with Gasteiger partial charge in [-0.05, 0) is 43.6 Å². The number of esters is 1. The van der Waals surface area contributed by atoms with Crippen LogP contribution in [0.4, 0.5) is 0 Å². The molecule has 1 fully saturated rings. The first-order chi connectivity index (χ1) is 9.53. The van der Waals surface area contributed by atoms with Gasteiger partial charge in [-0.15, -0.1) is 0 Å². The van der Waals surface area contributed by atoms with Gasteiger partial charge in [-0.1, -0.05) is 6.07 Å². The van der Waals surface area contributed by atoms with E-state index in [1.54, 1.807) is 0 Å². The predicted molar refractivity (Wildman–Crippen MR) is 73.9 cm³/mol. The highest BCUT2D eigenvalue weighted by atomic mass is 32.2. The quantitative estimate of drug-likeness (QED) is 0.767. The first-order valence-corrected chi connectivity index (χ1v) is 7.90. The Balaban J connectivity index is 2.10. The van der Waals surface area contributed by atoms with Crippen molar-refractivity contribution in [2.75, 3.05) is 26.7 Å². The van der Waals surface area contributed by atoms with Crippen LogP contribution in [0, 0.1) is 5.92 Å². The van der Waals surface area contributed by atoms with Crippen LogP contribution in [0.5, 0.6) is 0 Å². The first-order valence-electron chi connectivity index (χ1n) is 6.41. The van der Waals surface area contributed by atoms with Gasteiger partial charge < -0.3 is 10.1 Å². The molecule has 1 aromatic carbocycles. The minimum absolute atomic E-state index is 0.0753. The Morgan fingerprint density at radius 1 is 1.50 bits per heavy atom. The molecule has 1 heterocycles. The summed E-state index contributed by atoms with van der Waals surface area (Å²) in [5, 5.41) is 3.18. The lowest BCUT2D eigenvalue weighted by molar-refractivity contribution is 0.0600. The Hall–Kier alpha value is -1.44. The second-order valence-electron chi connectivity index (χ2n) is 4.73. The van der Waals surface area contributed by atoms with Crippen LogP contribution in [0.25, 0.3) is 0 Å². The molecule has 110 valence electrons. The van der Waals surface area contributed by atoms with Gasteiger partial charge >= 0.3 is 5.97 Å². The van der Waals surface area contributed by atoms with Crippen molar-refractivity contribution < 1.29 is 17.9 Å². The summed E-state index contributed by atoms with van der Waals surface area (Å²) in [6.45, 7) is 2.15. The summed E-state index contributed by atoms with van der Waals surface area (Å²) in [5.41, 5.74) is 0.220. The maximum Gasteiger partial charge on any atom is 0.337 e. The number of benzene rings is 1. The van der Waals surface area contributed by atoms with E-state index in [1.807, 2.05) is 0 Å². The van der Waals surface area contributed by atoms with E-state index in [0.29, 0.717) is 12.5 Å². The van der Waals surface area contributed by atoms with E-state index in [4.69, 9.17) is 0 Å². The number of ether oxygens (including phenoxy) is 1. The van der Waals surface area contributed by atoms with Crippen LogP contribution in [0.2, 0.25) is 0 Å². The van der Waals surface area contributed by atoms with E-state index in [9.17, 15) is 13.2 Å². The fourth-order valence-corrected chi connectivity index (χ4v) is 3.27.